The van der Waals surface area contributed by atoms with Gasteiger partial charge in [-0.1, -0.05) is 0 Å². The summed E-state index contributed by atoms with van der Waals surface area (Å²) in [6.07, 6.45) is 0.312. The molecule has 0 saturated carbocycles. The van der Waals surface area contributed by atoms with Gasteiger partial charge in [0.05, 0.1) is 12.5 Å². The van der Waals surface area contributed by atoms with Crippen molar-refractivity contribution in [3.63, 3.8) is 0 Å². The van der Waals surface area contributed by atoms with Gasteiger partial charge in [-0.2, -0.15) is 5.26 Å². The normalized spacial score (nSPS) is 10.1. The molecule has 0 bridgehead atoms. The zero-order valence-electron chi connectivity index (χ0n) is 11.6. The Morgan fingerprint density at radius 1 is 1.47 bits per heavy atom. The number of hydrogen-bond donors (Lipinski definition) is 1. The highest BCUT2D eigenvalue weighted by Gasteiger charge is 2.19. The molecule has 0 atom stereocenters. The van der Waals surface area contributed by atoms with E-state index < -0.39 is 0 Å². The Kier molecular flexibility index (Phi) is 5.73. The van der Waals surface area contributed by atoms with Crippen LogP contribution >= 0.6 is 0 Å². The standard InChI is InChI=1S/C13H19N5O/c1-4-15-12-7-6-11(16-17-12)13(19)18(10(2)3)9-5-8-14/h6-7,10H,4-5,9H2,1-3H3,(H,15,17). The number of aromatic nitrogens is 2. The second-order valence-electron chi connectivity index (χ2n) is 4.33. The third-order valence-corrected chi connectivity index (χ3v) is 2.59. The highest BCUT2D eigenvalue weighted by molar-refractivity contribution is 5.92. The van der Waals surface area contributed by atoms with E-state index in [-0.39, 0.29) is 11.9 Å². The fourth-order valence-corrected chi connectivity index (χ4v) is 1.63. The van der Waals surface area contributed by atoms with Gasteiger partial charge in [0.1, 0.15) is 5.82 Å². The molecule has 19 heavy (non-hydrogen) atoms. The SMILES string of the molecule is CCNc1ccc(C(=O)N(CCC#N)C(C)C)nn1. The van der Waals surface area contributed by atoms with Crippen molar-refractivity contribution >= 4 is 11.7 Å². The highest BCUT2D eigenvalue weighted by Crippen LogP contribution is 2.08. The minimum atomic E-state index is -0.194. The van der Waals surface area contributed by atoms with E-state index in [1.54, 1.807) is 17.0 Å². The second kappa shape index (κ2) is 7.31. The van der Waals surface area contributed by atoms with E-state index in [9.17, 15) is 4.79 Å². The van der Waals surface area contributed by atoms with E-state index >= 15 is 0 Å². The van der Waals surface area contributed by atoms with Gasteiger partial charge in [-0.15, -0.1) is 10.2 Å². The molecule has 0 radical (unpaired) electrons. The largest absolute Gasteiger partial charge is 0.369 e. The van der Waals surface area contributed by atoms with Gasteiger partial charge in [0.15, 0.2) is 5.69 Å². The molecule has 1 N–H and O–H groups in total. The molecule has 0 spiro atoms. The number of amides is 1. The number of hydrogen-bond acceptors (Lipinski definition) is 5. The van der Waals surface area contributed by atoms with Gasteiger partial charge in [0.25, 0.3) is 5.91 Å². The maximum atomic E-state index is 12.3. The number of nitrogens with zero attached hydrogens (tertiary/aromatic N) is 4. The maximum absolute atomic E-state index is 12.3. The molecular weight excluding hydrogens is 242 g/mol. The molecule has 102 valence electrons. The molecule has 0 unspecified atom stereocenters. The fourth-order valence-electron chi connectivity index (χ4n) is 1.63. The van der Waals surface area contributed by atoms with Crippen LogP contribution in [-0.4, -0.2) is 40.1 Å². The van der Waals surface area contributed by atoms with Crippen molar-refractivity contribution in [2.45, 2.75) is 33.2 Å². The van der Waals surface area contributed by atoms with Gasteiger partial charge < -0.3 is 10.2 Å². The number of rotatable bonds is 6. The molecule has 6 heteroatoms. The third kappa shape index (κ3) is 4.21. The molecule has 0 aliphatic heterocycles. The summed E-state index contributed by atoms with van der Waals surface area (Å²) in [5.74, 6) is 0.452. The molecule has 0 aromatic carbocycles. The average molecular weight is 261 g/mol. The Labute approximate surface area is 113 Å². The topological polar surface area (TPSA) is 81.9 Å². The second-order valence-corrected chi connectivity index (χ2v) is 4.33. The van der Waals surface area contributed by atoms with Gasteiger partial charge in [0, 0.05) is 19.1 Å². The van der Waals surface area contributed by atoms with Crippen molar-refractivity contribution in [2.24, 2.45) is 0 Å². The first-order chi connectivity index (χ1) is 9.10. The van der Waals surface area contributed by atoms with Crippen molar-refractivity contribution in [1.82, 2.24) is 15.1 Å². The number of nitrogens with one attached hydrogen (secondary N) is 1. The Morgan fingerprint density at radius 2 is 2.21 bits per heavy atom. The zero-order chi connectivity index (χ0) is 14.3. The van der Waals surface area contributed by atoms with Crippen LogP contribution in [0.4, 0.5) is 5.82 Å². The number of carbonyl (C=O) groups excluding carboxylic acids is 1. The molecule has 1 aromatic heterocycles. The molecule has 1 heterocycles. The smallest absolute Gasteiger partial charge is 0.274 e. The monoisotopic (exact) mass is 261 g/mol. The lowest BCUT2D eigenvalue weighted by atomic mass is 10.2. The first-order valence-corrected chi connectivity index (χ1v) is 6.35. The summed E-state index contributed by atoms with van der Waals surface area (Å²) in [7, 11) is 0. The van der Waals surface area contributed by atoms with E-state index in [0.29, 0.717) is 24.5 Å². The van der Waals surface area contributed by atoms with Crippen LogP contribution in [0.2, 0.25) is 0 Å². The highest BCUT2D eigenvalue weighted by atomic mass is 16.2. The minimum absolute atomic E-state index is 0.0242. The van der Waals surface area contributed by atoms with Crippen molar-refractivity contribution in [2.75, 3.05) is 18.4 Å². The van der Waals surface area contributed by atoms with Gasteiger partial charge in [-0.25, -0.2) is 0 Å². The minimum Gasteiger partial charge on any atom is -0.369 e. The maximum Gasteiger partial charge on any atom is 0.274 e. The summed E-state index contributed by atoms with van der Waals surface area (Å²) in [4.78, 5) is 13.9. The van der Waals surface area contributed by atoms with Crippen LogP contribution in [-0.2, 0) is 0 Å². The molecule has 6 nitrogen and oxygen atoms in total. The van der Waals surface area contributed by atoms with Crippen LogP contribution in [0.5, 0.6) is 0 Å². The number of nitriles is 1. The molecule has 1 amide bonds. The van der Waals surface area contributed by atoms with E-state index in [4.69, 9.17) is 5.26 Å². The summed E-state index contributed by atoms with van der Waals surface area (Å²) in [5, 5.41) is 19.5. The Bertz CT molecular complexity index is 449. The predicted molar refractivity (Wildman–Crippen MR) is 72.6 cm³/mol. The summed E-state index contributed by atoms with van der Waals surface area (Å²) in [5.41, 5.74) is 0.299. The number of carbonyl (C=O) groups is 1. The lowest BCUT2D eigenvalue weighted by Crippen LogP contribution is -2.38. The molecule has 0 aliphatic carbocycles. The van der Waals surface area contributed by atoms with Gasteiger partial charge in [-0.3, -0.25) is 4.79 Å². The quantitative estimate of drug-likeness (QED) is 0.842. The molecule has 0 aliphatic rings. The molecule has 0 fully saturated rings. The average Bonchev–Trinajstić information content (AvgIpc) is 2.40. The first kappa shape index (κ1) is 14.9. The molecular formula is C13H19N5O. The van der Waals surface area contributed by atoms with Crippen molar-refractivity contribution in [1.29, 1.82) is 5.26 Å². The summed E-state index contributed by atoms with van der Waals surface area (Å²) in [6, 6.07) is 5.45. The molecule has 1 aromatic rings. The van der Waals surface area contributed by atoms with Crippen molar-refractivity contribution in [3.8, 4) is 6.07 Å². The molecule has 1 rings (SSSR count). The molecule has 0 saturated heterocycles. The van der Waals surface area contributed by atoms with E-state index in [1.165, 1.54) is 0 Å². The zero-order valence-corrected chi connectivity index (χ0v) is 11.6. The van der Waals surface area contributed by atoms with E-state index in [0.717, 1.165) is 6.54 Å². The number of anilines is 1. The van der Waals surface area contributed by atoms with Crippen LogP contribution < -0.4 is 5.32 Å². The predicted octanol–water partition coefficient (Wildman–Crippen LogP) is 1.67. The van der Waals surface area contributed by atoms with Crippen LogP contribution in [0.15, 0.2) is 12.1 Å². The summed E-state index contributed by atoms with van der Waals surface area (Å²) >= 11 is 0. The Morgan fingerprint density at radius 3 is 2.68 bits per heavy atom. The van der Waals surface area contributed by atoms with Crippen molar-refractivity contribution < 1.29 is 4.79 Å². The Balaban J connectivity index is 2.81. The summed E-state index contributed by atoms with van der Waals surface area (Å²) in [6.45, 7) is 6.94. The fraction of sp³-hybridized carbons (Fsp3) is 0.538. The van der Waals surface area contributed by atoms with Gasteiger partial charge in [-0.05, 0) is 32.9 Å². The lowest BCUT2D eigenvalue weighted by molar-refractivity contribution is 0.0703. The summed E-state index contributed by atoms with van der Waals surface area (Å²) < 4.78 is 0. The van der Waals surface area contributed by atoms with Crippen LogP contribution in [0.3, 0.4) is 0 Å². The van der Waals surface area contributed by atoms with Crippen LogP contribution in [0, 0.1) is 11.3 Å². The van der Waals surface area contributed by atoms with E-state index in [2.05, 4.69) is 15.5 Å². The first-order valence-electron chi connectivity index (χ1n) is 6.35. The third-order valence-electron chi connectivity index (χ3n) is 2.59. The lowest BCUT2D eigenvalue weighted by Gasteiger charge is -2.25. The van der Waals surface area contributed by atoms with Gasteiger partial charge >= 0.3 is 0 Å². The van der Waals surface area contributed by atoms with Crippen LogP contribution in [0.1, 0.15) is 37.7 Å². The van der Waals surface area contributed by atoms with E-state index in [1.807, 2.05) is 26.8 Å². The van der Waals surface area contributed by atoms with Crippen LogP contribution in [0.25, 0.3) is 0 Å². The Hall–Kier alpha value is -2.16. The van der Waals surface area contributed by atoms with Gasteiger partial charge in [0.2, 0.25) is 0 Å². The van der Waals surface area contributed by atoms with Crippen molar-refractivity contribution in [3.05, 3.63) is 17.8 Å².